The van der Waals surface area contributed by atoms with E-state index in [1.165, 1.54) is 28.7 Å². The second-order valence-electron chi connectivity index (χ2n) is 9.01. The Morgan fingerprint density at radius 1 is 1.03 bits per heavy atom. The summed E-state index contributed by atoms with van der Waals surface area (Å²) in [5.74, 6) is -1.14. The van der Waals surface area contributed by atoms with E-state index in [4.69, 9.17) is 0 Å². The Balaban J connectivity index is 1.53. The number of carbonyl (C=O) groups is 2. The summed E-state index contributed by atoms with van der Waals surface area (Å²) in [7, 11) is 0. The van der Waals surface area contributed by atoms with Gasteiger partial charge in [0, 0.05) is 28.0 Å². The Labute approximate surface area is 208 Å². The quantitative estimate of drug-likeness (QED) is 0.328. The molecule has 2 aromatic carbocycles. The minimum absolute atomic E-state index is 0.0386. The number of benzene rings is 2. The first-order chi connectivity index (χ1) is 17.1. The maximum atomic E-state index is 15.1. The first-order valence-electron chi connectivity index (χ1n) is 12.1. The number of thiophene rings is 1. The Hall–Kier alpha value is -3.45. The Kier molecular flexibility index (Phi) is 6.95. The number of H-pyrrole nitrogens is 1. The minimum atomic E-state index is -0.952. The lowest BCUT2D eigenvalue weighted by molar-refractivity contribution is -0.127. The van der Waals surface area contributed by atoms with Crippen molar-refractivity contribution in [1.82, 2.24) is 10.3 Å². The predicted octanol–water partition coefficient (Wildman–Crippen LogP) is 6.13. The molecule has 7 heteroatoms. The van der Waals surface area contributed by atoms with Crippen molar-refractivity contribution in [3.63, 3.8) is 0 Å². The topological polar surface area (TPSA) is 65.2 Å². The van der Waals surface area contributed by atoms with Crippen LogP contribution in [0.2, 0.25) is 0 Å². The second kappa shape index (κ2) is 10.4. The number of hydrogen-bond acceptors (Lipinski definition) is 3. The molecule has 4 aromatic rings. The maximum absolute atomic E-state index is 15.1. The summed E-state index contributed by atoms with van der Waals surface area (Å²) in [6.45, 7) is 0. The molecule has 2 N–H and O–H groups in total. The van der Waals surface area contributed by atoms with Gasteiger partial charge in [-0.25, -0.2) is 4.39 Å². The van der Waals surface area contributed by atoms with Gasteiger partial charge in [0.25, 0.3) is 0 Å². The normalized spacial score (nSPS) is 15.1. The molecule has 1 atom stereocenters. The molecule has 5 nitrogen and oxygen atoms in total. The van der Waals surface area contributed by atoms with Crippen LogP contribution in [0.4, 0.5) is 10.1 Å². The van der Waals surface area contributed by atoms with Gasteiger partial charge in [0.2, 0.25) is 11.8 Å². The zero-order valence-corrected chi connectivity index (χ0v) is 20.2. The number of nitrogens with zero attached hydrogens (tertiary/aromatic N) is 1. The van der Waals surface area contributed by atoms with Gasteiger partial charge >= 0.3 is 0 Å². The molecule has 35 heavy (non-hydrogen) atoms. The van der Waals surface area contributed by atoms with Crippen molar-refractivity contribution in [1.29, 1.82) is 0 Å². The second-order valence-corrected chi connectivity index (χ2v) is 9.99. The van der Waals surface area contributed by atoms with Gasteiger partial charge in [0.1, 0.15) is 11.9 Å². The molecule has 2 heterocycles. The van der Waals surface area contributed by atoms with Crippen molar-refractivity contribution in [2.24, 2.45) is 0 Å². The number of fused-ring (bicyclic) bond motifs is 1. The van der Waals surface area contributed by atoms with Crippen molar-refractivity contribution in [3.8, 4) is 0 Å². The standard InChI is InChI=1S/C28H28FN3O2S/c29-22-12-5-7-14-24(22)32(26(33)17-19-18-30-23-13-6-4-11-21(19)23)27(25-15-8-16-35-25)28(34)31-20-9-2-1-3-10-20/h4-8,11-16,18,20,27,30H,1-3,9-10,17H2,(H,31,34)/t27-/m0/s1. The largest absolute Gasteiger partial charge is 0.361 e. The van der Waals surface area contributed by atoms with Gasteiger partial charge in [-0.15, -0.1) is 11.3 Å². The fourth-order valence-corrected chi connectivity index (χ4v) is 5.75. The number of aromatic amines is 1. The summed E-state index contributed by atoms with van der Waals surface area (Å²) >= 11 is 1.39. The van der Waals surface area contributed by atoms with Crippen LogP contribution in [0.1, 0.15) is 48.6 Å². The van der Waals surface area contributed by atoms with Crippen molar-refractivity contribution in [2.75, 3.05) is 4.90 Å². The van der Waals surface area contributed by atoms with Gasteiger partial charge in [0.05, 0.1) is 12.1 Å². The van der Waals surface area contributed by atoms with Gasteiger partial charge in [-0.3, -0.25) is 14.5 Å². The fourth-order valence-electron chi connectivity index (χ4n) is 4.94. The van der Waals surface area contributed by atoms with Crippen LogP contribution in [0.5, 0.6) is 0 Å². The SMILES string of the molecule is O=C(NC1CCCCC1)[C@H](c1cccs1)N(C(=O)Cc1c[nH]c2ccccc12)c1ccccc1F. The van der Waals surface area contributed by atoms with Crippen molar-refractivity contribution in [3.05, 3.63) is 88.5 Å². The van der Waals surface area contributed by atoms with E-state index in [1.54, 1.807) is 18.2 Å². The number of halogens is 1. The van der Waals surface area contributed by atoms with Gasteiger partial charge in [-0.1, -0.05) is 55.7 Å². The molecule has 0 aliphatic heterocycles. The van der Waals surface area contributed by atoms with Crippen molar-refractivity contribution in [2.45, 2.75) is 50.6 Å². The summed E-state index contributed by atoms with van der Waals surface area (Å²) in [5, 5.41) is 5.98. The first kappa shape index (κ1) is 23.3. The maximum Gasteiger partial charge on any atom is 0.248 e. The van der Waals surface area contributed by atoms with Crippen LogP contribution >= 0.6 is 11.3 Å². The summed E-state index contributed by atoms with van der Waals surface area (Å²) in [4.78, 5) is 32.9. The van der Waals surface area contributed by atoms with Gasteiger partial charge in [-0.05, 0) is 48.1 Å². The number of aromatic nitrogens is 1. The van der Waals surface area contributed by atoms with E-state index in [2.05, 4.69) is 10.3 Å². The summed E-state index contributed by atoms with van der Waals surface area (Å²) in [6.07, 6.45) is 7.01. The first-order valence-corrected chi connectivity index (χ1v) is 12.9. The molecular weight excluding hydrogens is 461 g/mol. The van der Waals surface area contributed by atoms with E-state index >= 15 is 4.39 Å². The van der Waals surface area contributed by atoms with Crippen LogP contribution in [0.15, 0.2) is 72.2 Å². The van der Waals surface area contributed by atoms with E-state index in [-0.39, 0.29) is 30.0 Å². The molecule has 1 saturated carbocycles. The third kappa shape index (κ3) is 5.00. The average molecular weight is 490 g/mol. The molecule has 0 bridgehead atoms. The monoisotopic (exact) mass is 489 g/mol. The number of anilines is 1. The lowest BCUT2D eigenvalue weighted by Crippen LogP contribution is -2.47. The molecule has 5 rings (SSSR count). The molecule has 0 radical (unpaired) electrons. The molecular formula is C28H28FN3O2S. The molecule has 0 saturated heterocycles. The zero-order valence-electron chi connectivity index (χ0n) is 19.4. The molecule has 180 valence electrons. The number of rotatable bonds is 7. The third-order valence-corrected chi connectivity index (χ3v) is 7.59. The molecule has 1 fully saturated rings. The Bertz CT molecular complexity index is 1310. The van der Waals surface area contributed by atoms with E-state index in [1.807, 2.05) is 48.0 Å². The number of amides is 2. The molecule has 0 unspecified atom stereocenters. The molecule has 1 aliphatic rings. The van der Waals surface area contributed by atoms with Crippen LogP contribution in [0.25, 0.3) is 10.9 Å². The minimum Gasteiger partial charge on any atom is -0.361 e. The highest BCUT2D eigenvalue weighted by molar-refractivity contribution is 7.10. The lowest BCUT2D eigenvalue weighted by Gasteiger charge is -2.33. The highest BCUT2D eigenvalue weighted by Crippen LogP contribution is 2.34. The van der Waals surface area contributed by atoms with Crippen LogP contribution < -0.4 is 10.2 Å². The highest BCUT2D eigenvalue weighted by atomic mass is 32.1. The number of carbonyl (C=O) groups excluding carboxylic acids is 2. The zero-order chi connectivity index (χ0) is 24.2. The van der Waals surface area contributed by atoms with Crippen molar-refractivity contribution >= 4 is 39.7 Å². The number of nitrogens with one attached hydrogen (secondary N) is 2. The summed E-state index contributed by atoms with van der Waals surface area (Å²) in [5.41, 5.74) is 1.84. The van der Waals surface area contributed by atoms with Gasteiger partial charge in [-0.2, -0.15) is 0 Å². The predicted molar refractivity (Wildman–Crippen MR) is 138 cm³/mol. The Morgan fingerprint density at radius 2 is 1.80 bits per heavy atom. The van der Waals surface area contributed by atoms with Crippen LogP contribution in [0, 0.1) is 5.82 Å². The average Bonchev–Trinajstić information content (AvgIpc) is 3.54. The van der Waals surface area contributed by atoms with Crippen LogP contribution in [-0.4, -0.2) is 22.8 Å². The van der Waals surface area contributed by atoms with Gasteiger partial charge < -0.3 is 10.3 Å². The smallest absolute Gasteiger partial charge is 0.248 e. The molecule has 2 aromatic heterocycles. The summed E-state index contributed by atoms with van der Waals surface area (Å²) in [6, 6.07) is 16.7. The van der Waals surface area contributed by atoms with Crippen molar-refractivity contribution < 1.29 is 14.0 Å². The molecule has 2 amide bonds. The Morgan fingerprint density at radius 3 is 2.57 bits per heavy atom. The van der Waals surface area contributed by atoms with Gasteiger partial charge in [0.15, 0.2) is 0 Å². The highest BCUT2D eigenvalue weighted by Gasteiger charge is 2.36. The number of para-hydroxylation sites is 2. The van der Waals surface area contributed by atoms with E-state index in [0.29, 0.717) is 4.88 Å². The molecule has 0 spiro atoms. The number of hydrogen-bond donors (Lipinski definition) is 2. The lowest BCUT2D eigenvalue weighted by atomic mass is 9.95. The van der Waals surface area contributed by atoms with Crippen LogP contribution in [-0.2, 0) is 16.0 Å². The van der Waals surface area contributed by atoms with Crippen LogP contribution in [0.3, 0.4) is 0 Å². The van der Waals surface area contributed by atoms with E-state index in [9.17, 15) is 9.59 Å². The summed E-state index contributed by atoms with van der Waals surface area (Å²) < 4.78 is 15.1. The molecule has 1 aliphatic carbocycles. The van der Waals surface area contributed by atoms with E-state index in [0.717, 1.165) is 42.1 Å². The van der Waals surface area contributed by atoms with E-state index < -0.39 is 11.9 Å². The fraction of sp³-hybridized carbons (Fsp3) is 0.286. The third-order valence-electron chi connectivity index (χ3n) is 6.67.